The summed E-state index contributed by atoms with van der Waals surface area (Å²) in [6.45, 7) is 1.80. The molecule has 116 valence electrons. The van der Waals surface area contributed by atoms with Gasteiger partial charge in [-0.1, -0.05) is 13.3 Å². The van der Waals surface area contributed by atoms with Gasteiger partial charge in [0.1, 0.15) is 24.7 Å². The molecule has 0 radical (unpaired) electrons. The zero-order chi connectivity index (χ0) is 15.5. The molecule has 0 aliphatic carbocycles. The minimum Gasteiger partial charge on any atom is -0.497 e. The van der Waals surface area contributed by atoms with Crippen molar-refractivity contribution in [3.05, 3.63) is 24.3 Å². The third-order valence-electron chi connectivity index (χ3n) is 2.49. The molecule has 0 aliphatic rings. The number of unbranched alkanes of at least 4 members (excludes halogenated alkanes) is 1. The summed E-state index contributed by atoms with van der Waals surface area (Å²) in [5, 5.41) is 0. The highest BCUT2D eigenvalue weighted by Gasteiger charge is 2.08. The number of hydrogen-bond acceptors (Lipinski definition) is 6. The van der Waals surface area contributed by atoms with Crippen LogP contribution in [0.4, 0.5) is 0 Å². The van der Waals surface area contributed by atoms with E-state index in [-0.39, 0.29) is 13.2 Å². The molecule has 21 heavy (non-hydrogen) atoms. The van der Waals surface area contributed by atoms with Crippen molar-refractivity contribution in [2.75, 3.05) is 26.9 Å². The number of rotatable bonds is 9. The topological polar surface area (TPSA) is 71.1 Å². The lowest BCUT2D eigenvalue weighted by Crippen LogP contribution is -2.20. The van der Waals surface area contributed by atoms with Crippen molar-refractivity contribution in [2.45, 2.75) is 19.8 Å². The molecule has 0 amide bonds. The third kappa shape index (κ3) is 7.31. The van der Waals surface area contributed by atoms with Crippen LogP contribution in [-0.2, 0) is 19.1 Å². The second kappa shape index (κ2) is 9.77. The number of carbonyl (C=O) groups is 2. The van der Waals surface area contributed by atoms with Gasteiger partial charge >= 0.3 is 11.9 Å². The number of methoxy groups -OCH3 is 1. The average Bonchev–Trinajstić information content (AvgIpc) is 2.48. The zero-order valence-electron chi connectivity index (χ0n) is 12.3. The highest BCUT2D eigenvalue weighted by Crippen LogP contribution is 2.16. The number of ether oxygens (including phenoxy) is 4. The number of carbonyl (C=O) groups excluding carboxylic acids is 2. The summed E-state index contributed by atoms with van der Waals surface area (Å²) in [6, 6.07) is 6.56. The minimum atomic E-state index is -0.582. The fourth-order valence-corrected chi connectivity index (χ4v) is 1.39. The molecule has 0 aromatic heterocycles. The van der Waals surface area contributed by atoms with E-state index in [1.807, 2.05) is 6.92 Å². The third-order valence-corrected chi connectivity index (χ3v) is 2.49. The molecule has 1 aromatic carbocycles. The first-order valence-electron chi connectivity index (χ1n) is 6.73. The summed E-state index contributed by atoms with van der Waals surface area (Å²) in [4.78, 5) is 22.7. The van der Waals surface area contributed by atoms with Gasteiger partial charge in [0, 0.05) is 0 Å². The molecule has 1 rings (SSSR count). The van der Waals surface area contributed by atoms with Crippen LogP contribution in [0.3, 0.4) is 0 Å². The van der Waals surface area contributed by atoms with Crippen molar-refractivity contribution >= 4 is 11.9 Å². The number of hydrogen-bond donors (Lipinski definition) is 0. The first-order chi connectivity index (χ1) is 10.2. The summed E-state index contributed by atoms with van der Waals surface area (Å²) >= 11 is 0. The van der Waals surface area contributed by atoms with Crippen LogP contribution in [0, 0.1) is 0 Å². The lowest BCUT2D eigenvalue weighted by atomic mass is 10.3. The molecule has 0 unspecified atom stereocenters. The number of benzene rings is 1. The molecule has 1 aromatic rings. The largest absolute Gasteiger partial charge is 0.497 e. The highest BCUT2D eigenvalue weighted by molar-refractivity contribution is 5.75. The standard InChI is InChI=1S/C15H20O6/c1-3-4-9-20-14(16)10-19-11-15(17)21-13-7-5-12(18-2)6-8-13/h5-8H,3-4,9-11H2,1-2H3. The Morgan fingerprint density at radius 2 is 1.62 bits per heavy atom. The van der Waals surface area contributed by atoms with E-state index < -0.39 is 11.9 Å². The molecular weight excluding hydrogens is 276 g/mol. The van der Waals surface area contributed by atoms with Gasteiger partial charge in [-0.2, -0.15) is 0 Å². The Bertz CT molecular complexity index is 440. The van der Waals surface area contributed by atoms with E-state index in [1.54, 1.807) is 31.4 Å². The van der Waals surface area contributed by atoms with Crippen LogP contribution in [0.1, 0.15) is 19.8 Å². The molecule has 0 saturated carbocycles. The fourth-order valence-electron chi connectivity index (χ4n) is 1.39. The maximum absolute atomic E-state index is 11.5. The molecular formula is C15H20O6. The SMILES string of the molecule is CCCCOC(=O)COCC(=O)Oc1ccc(OC)cc1. The maximum Gasteiger partial charge on any atom is 0.337 e. The van der Waals surface area contributed by atoms with Gasteiger partial charge in [0.25, 0.3) is 0 Å². The molecule has 0 N–H and O–H groups in total. The van der Waals surface area contributed by atoms with E-state index in [2.05, 4.69) is 0 Å². The van der Waals surface area contributed by atoms with Crippen LogP contribution in [0.2, 0.25) is 0 Å². The van der Waals surface area contributed by atoms with Gasteiger partial charge in [-0.3, -0.25) is 0 Å². The fraction of sp³-hybridized carbons (Fsp3) is 0.467. The van der Waals surface area contributed by atoms with E-state index in [1.165, 1.54) is 0 Å². The molecule has 6 heteroatoms. The van der Waals surface area contributed by atoms with Crippen LogP contribution in [0.15, 0.2) is 24.3 Å². The van der Waals surface area contributed by atoms with Gasteiger partial charge in [-0.25, -0.2) is 9.59 Å². The van der Waals surface area contributed by atoms with Crippen molar-refractivity contribution in [3.63, 3.8) is 0 Å². The van der Waals surface area contributed by atoms with Crippen molar-refractivity contribution in [2.24, 2.45) is 0 Å². The van der Waals surface area contributed by atoms with Crippen molar-refractivity contribution < 1.29 is 28.5 Å². The lowest BCUT2D eigenvalue weighted by Gasteiger charge is -2.06. The zero-order valence-corrected chi connectivity index (χ0v) is 12.3. The minimum absolute atomic E-state index is 0.262. The molecule has 0 bridgehead atoms. The Labute approximate surface area is 123 Å². The molecule has 0 fully saturated rings. The van der Waals surface area contributed by atoms with E-state index >= 15 is 0 Å². The monoisotopic (exact) mass is 296 g/mol. The molecule has 0 heterocycles. The first-order valence-corrected chi connectivity index (χ1v) is 6.73. The Kier molecular flexibility index (Phi) is 7.89. The first kappa shape index (κ1) is 17.0. The van der Waals surface area contributed by atoms with E-state index in [0.29, 0.717) is 18.1 Å². The van der Waals surface area contributed by atoms with Gasteiger partial charge in [-0.15, -0.1) is 0 Å². The van der Waals surface area contributed by atoms with Crippen LogP contribution < -0.4 is 9.47 Å². The van der Waals surface area contributed by atoms with Gasteiger partial charge < -0.3 is 18.9 Å². The van der Waals surface area contributed by atoms with Crippen molar-refractivity contribution in [1.29, 1.82) is 0 Å². The normalized spacial score (nSPS) is 10.0. The Balaban J connectivity index is 2.20. The van der Waals surface area contributed by atoms with E-state index in [4.69, 9.17) is 18.9 Å². The molecule has 6 nitrogen and oxygen atoms in total. The highest BCUT2D eigenvalue weighted by atomic mass is 16.6. The Morgan fingerprint density at radius 1 is 1.00 bits per heavy atom. The van der Waals surface area contributed by atoms with Crippen LogP contribution in [0.25, 0.3) is 0 Å². The van der Waals surface area contributed by atoms with E-state index in [9.17, 15) is 9.59 Å². The number of esters is 2. The molecule has 0 saturated heterocycles. The molecule has 0 spiro atoms. The summed E-state index contributed by atoms with van der Waals surface area (Å²) in [5.74, 6) is -0.0157. The van der Waals surface area contributed by atoms with Crippen LogP contribution in [-0.4, -0.2) is 38.9 Å². The summed E-state index contributed by atoms with van der Waals surface area (Å²) in [6.07, 6.45) is 1.76. The maximum atomic E-state index is 11.5. The Morgan fingerprint density at radius 3 is 2.24 bits per heavy atom. The van der Waals surface area contributed by atoms with Gasteiger partial charge in [-0.05, 0) is 30.7 Å². The van der Waals surface area contributed by atoms with Gasteiger partial charge in [0.05, 0.1) is 13.7 Å². The van der Waals surface area contributed by atoms with Crippen molar-refractivity contribution in [1.82, 2.24) is 0 Å². The average molecular weight is 296 g/mol. The quantitative estimate of drug-likeness (QED) is 0.394. The Hall–Kier alpha value is -2.08. The van der Waals surface area contributed by atoms with Gasteiger partial charge in [0.15, 0.2) is 0 Å². The predicted octanol–water partition coefficient (Wildman–Crippen LogP) is 1.96. The van der Waals surface area contributed by atoms with Crippen LogP contribution >= 0.6 is 0 Å². The molecule has 0 aliphatic heterocycles. The molecule has 0 atom stereocenters. The lowest BCUT2D eigenvalue weighted by molar-refractivity contribution is -0.152. The summed E-state index contributed by atoms with van der Waals surface area (Å²) in [5.41, 5.74) is 0. The van der Waals surface area contributed by atoms with Crippen LogP contribution in [0.5, 0.6) is 11.5 Å². The second-order valence-corrected chi connectivity index (χ2v) is 4.22. The summed E-state index contributed by atoms with van der Waals surface area (Å²) < 4.78 is 19.8. The second-order valence-electron chi connectivity index (χ2n) is 4.22. The smallest absolute Gasteiger partial charge is 0.337 e. The van der Waals surface area contributed by atoms with E-state index in [0.717, 1.165) is 12.8 Å². The van der Waals surface area contributed by atoms with Gasteiger partial charge in [0.2, 0.25) is 0 Å². The predicted molar refractivity (Wildman–Crippen MR) is 75.3 cm³/mol. The summed E-state index contributed by atoms with van der Waals surface area (Å²) in [7, 11) is 1.55. The van der Waals surface area contributed by atoms with Crippen molar-refractivity contribution in [3.8, 4) is 11.5 Å².